The van der Waals surface area contributed by atoms with Crippen LogP contribution in [-0.2, 0) is 10.0 Å². The summed E-state index contributed by atoms with van der Waals surface area (Å²) in [7, 11) is -3.97. The number of rotatable bonds is 6. The summed E-state index contributed by atoms with van der Waals surface area (Å²) in [5.41, 5.74) is -0.194. The van der Waals surface area contributed by atoms with Crippen molar-refractivity contribution >= 4 is 21.4 Å². The SMILES string of the molecule is CCOc1ncc(NS(=O)(=O)c2cccc([N+](=O)[O-])c2)cn1. The molecule has 0 atom stereocenters. The van der Waals surface area contributed by atoms with Crippen LogP contribution in [0.2, 0.25) is 0 Å². The van der Waals surface area contributed by atoms with Crippen molar-refractivity contribution in [3.63, 3.8) is 0 Å². The largest absolute Gasteiger partial charge is 0.464 e. The van der Waals surface area contributed by atoms with Crippen LogP contribution in [0.1, 0.15) is 6.92 Å². The molecular weight excluding hydrogens is 312 g/mol. The molecule has 0 spiro atoms. The van der Waals surface area contributed by atoms with Gasteiger partial charge in [0, 0.05) is 12.1 Å². The van der Waals surface area contributed by atoms with E-state index in [4.69, 9.17) is 4.74 Å². The molecule has 2 rings (SSSR count). The van der Waals surface area contributed by atoms with Crippen LogP contribution in [0, 0.1) is 10.1 Å². The highest BCUT2D eigenvalue weighted by Crippen LogP contribution is 2.20. The Hall–Kier alpha value is -2.75. The molecule has 1 N–H and O–H groups in total. The summed E-state index contributed by atoms with van der Waals surface area (Å²) >= 11 is 0. The summed E-state index contributed by atoms with van der Waals surface area (Å²) < 4.78 is 31.6. The van der Waals surface area contributed by atoms with E-state index in [0.29, 0.717) is 6.61 Å². The van der Waals surface area contributed by atoms with Crippen molar-refractivity contribution in [2.75, 3.05) is 11.3 Å². The van der Waals surface area contributed by atoms with E-state index in [-0.39, 0.29) is 22.3 Å². The number of anilines is 1. The monoisotopic (exact) mass is 324 g/mol. The highest BCUT2D eigenvalue weighted by atomic mass is 32.2. The molecule has 10 heteroatoms. The van der Waals surface area contributed by atoms with Gasteiger partial charge < -0.3 is 4.74 Å². The van der Waals surface area contributed by atoms with Gasteiger partial charge in [-0.15, -0.1) is 0 Å². The zero-order valence-electron chi connectivity index (χ0n) is 11.5. The molecule has 0 fully saturated rings. The number of nitro benzene ring substituents is 1. The molecule has 0 bridgehead atoms. The average Bonchev–Trinajstić information content (AvgIpc) is 2.49. The predicted molar refractivity (Wildman–Crippen MR) is 77.1 cm³/mol. The zero-order chi connectivity index (χ0) is 16.2. The molecule has 0 aliphatic rings. The van der Waals surface area contributed by atoms with Crippen molar-refractivity contribution in [3.05, 3.63) is 46.8 Å². The van der Waals surface area contributed by atoms with Crippen LogP contribution in [0.4, 0.5) is 11.4 Å². The Morgan fingerprint density at radius 3 is 2.59 bits per heavy atom. The summed E-state index contributed by atoms with van der Waals surface area (Å²) in [5.74, 6) is 0. The molecule has 2 aromatic rings. The normalized spacial score (nSPS) is 11.0. The Morgan fingerprint density at radius 2 is 2.00 bits per heavy atom. The first-order chi connectivity index (χ1) is 10.4. The van der Waals surface area contributed by atoms with Crippen LogP contribution >= 0.6 is 0 Å². The fourth-order valence-corrected chi connectivity index (χ4v) is 2.62. The van der Waals surface area contributed by atoms with Crippen LogP contribution in [0.15, 0.2) is 41.6 Å². The van der Waals surface area contributed by atoms with Gasteiger partial charge in [0.2, 0.25) is 0 Å². The molecule has 0 unspecified atom stereocenters. The third-order valence-corrected chi connectivity index (χ3v) is 3.87. The summed E-state index contributed by atoms with van der Waals surface area (Å²) in [4.78, 5) is 17.4. The standard InChI is InChI=1S/C12H12N4O5S/c1-2-21-12-13-7-9(8-14-12)15-22(19,20)11-5-3-4-10(6-11)16(17)18/h3-8,15H,2H2,1H3. The van der Waals surface area contributed by atoms with Gasteiger partial charge in [0.15, 0.2) is 0 Å². The molecule has 9 nitrogen and oxygen atoms in total. The minimum Gasteiger partial charge on any atom is -0.464 e. The van der Waals surface area contributed by atoms with Gasteiger partial charge >= 0.3 is 6.01 Å². The Labute approximate surface area is 126 Å². The fraction of sp³-hybridized carbons (Fsp3) is 0.167. The number of nitrogens with zero attached hydrogens (tertiary/aromatic N) is 3. The molecule has 0 saturated carbocycles. The molecule has 0 saturated heterocycles. The Kier molecular flexibility index (Phi) is 4.51. The highest BCUT2D eigenvalue weighted by Gasteiger charge is 2.18. The van der Waals surface area contributed by atoms with E-state index in [1.54, 1.807) is 6.92 Å². The number of ether oxygens (including phenoxy) is 1. The van der Waals surface area contributed by atoms with Gasteiger partial charge in [0.1, 0.15) is 0 Å². The van der Waals surface area contributed by atoms with E-state index >= 15 is 0 Å². The number of non-ortho nitro benzene ring substituents is 1. The van der Waals surface area contributed by atoms with E-state index in [1.807, 2.05) is 0 Å². The lowest BCUT2D eigenvalue weighted by molar-refractivity contribution is -0.385. The number of hydrogen-bond donors (Lipinski definition) is 1. The predicted octanol–water partition coefficient (Wildman–Crippen LogP) is 1.58. The van der Waals surface area contributed by atoms with Gasteiger partial charge in [0.05, 0.1) is 34.5 Å². The van der Waals surface area contributed by atoms with Crippen molar-refractivity contribution in [2.45, 2.75) is 11.8 Å². The van der Waals surface area contributed by atoms with Crippen molar-refractivity contribution in [1.29, 1.82) is 0 Å². The van der Waals surface area contributed by atoms with Crippen LogP contribution in [0.3, 0.4) is 0 Å². The number of nitro groups is 1. The molecule has 1 heterocycles. The van der Waals surface area contributed by atoms with Crippen LogP contribution in [-0.4, -0.2) is 29.9 Å². The van der Waals surface area contributed by atoms with Crippen LogP contribution in [0.25, 0.3) is 0 Å². The lowest BCUT2D eigenvalue weighted by Gasteiger charge is -2.07. The Balaban J connectivity index is 2.23. The quantitative estimate of drug-likeness (QED) is 0.631. The highest BCUT2D eigenvalue weighted by molar-refractivity contribution is 7.92. The lowest BCUT2D eigenvalue weighted by atomic mass is 10.3. The van der Waals surface area contributed by atoms with Gasteiger partial charge in [0.25, 0.3) is 15.7 Å². The number of hydrogen-bond acceptors (Lipinski definition) is 7. The van der Waals surface area contributed by atoms with E-state index in [9.17, 15) is 18.5 Å². The maximum absolute atomic E-state index is 12.2. The Bertz CT molecular complexity index is 776. The lowest BCUT2D eigenvalue weighted by Crippen LogP contribution is -2.13. The van der Waals surface area contributed by atoms with Gasteiger partial charge in [-0.2, -0.15) is 0 Å². The minimum absolute atomic E-state index is 0.120. The number of sulfonamides is 1. The van der Waals surface area contributed by atoms with Gasteiger partial charge in [-0.3, -0.25) is 14.8 Å². The van der Waals surface area contributed by atoms with E-state index < -0.39 is 14.9 Å². The van der Waals surface area contributed by atoms with Crippen molar-refractivity contribution in [2.24, 2.45) is 0 Å². The van der Waals surface area contributed by atoms with Crippen LogP contribution < -0.4 is 9.46 Å². The Morgan fingerprint density at radius 1 is 1.32 bits per heavy atom. The summed E-state index contributed by atoms with van der Waals surface area (Å²) in [6.45, 7) is 2.15. The van der Waals surface area contributed by atoms with Gasteiger partial charge in [-0.1, -0.05) is 6.07 Å². The number of benzene rings is 1. The smallest absolute Gasteiger partial charge is 0.316 e. The fourth-order valence-electron chi connectivity index (χ4n) is 1.55. The second-order valence-electron chi connectivity index (χ2n) is 4.05. The maximum Gasteiger partial charge on any atom is 0.316 e. The van der Waals surface area contributed by atoms with Gasteiger partial charge in [-0.25, -0.2) is 18.4 Å². The first-order valence-electron chi connectivity index (χ1n) is 6.14. The second-order valence-corrected chi connectivity index (χ2v) is 5.73. The van der Waals surface area contributed by atoms with Crippen molar-refractivity contribution in [1.82, 2.24) is 9.97 Å². The maximum atomic E-state index is 12.2. The molecule has 1 aromatic heterocycles. The number of nitrogens with one attached hydrogen (secondary N) is 1. The summed E-state index contributed by atoms with van der Waals surface area (Å²) in [5, 5.41) is 10.7. The van der Waals surface area contributed by atoms with Crippen LogP contribution in [0.5, 0.6) is 6.01 Å². The van der Waals surface area contributed by atoms with E-state index in [1.165, 1.54) is 30.6 Å². The topological polar surface area (TPSA) is 124 Å². The molecule has 0 aliphatic carbocycles. The molecule has 0 radical (unpaired) electrons. The molecule has 0 amide bonds. The van der Waals surface area contributed by atoms with E-state index in [0.717, 1.165) is 6.07 Å². The first kappa shape index (κ1) is 15.6. The third kappa shape index (κ3) is 3.67. The minimum atomic E-state index is -3.97. The number of aromatic nitrogens is 2. The average molecular weight is 324 g/mol. The third-order valence-electron chi connectivity index (χ3n) is 2.49. The first-order valence-corrected chi connectivity index (χ1v) is 7.63. The molecule has 1 aromatic carbocycles. The van der Waals surface area contributed by atoms with E-state index in [2.05, 4.69) is 14.7 Å². The molecular formula is C12H12N4O5S. The van der Waals surface area contributed by atoms with Crippen molar-refractivity contribution < 1.29 is 18.1 Å². The van der Waals surface area contributed by atoms with Crippen molar-refractivity contribution in [3.8, 4) is 6.01 Å². The molecule has 22 heavy (non-hydrogen) atoms. The second kappa shape index (κ2) is 6.35. The summed E-state index contributed by atoms with van der Waals surface area (Å²) in [6, 6.07) is 4.85. The summed E-state index contributed by atoms with van der Waals surface area (Å²) in [6.07, 6.45) is 2.49. The molecule has 116 valence electrons. The molecule has 0 aliphatic heterocycles. The van der Waals surface area contributed by atoms with Gasteiger partial charge in [-0.05, 0) is 13.0 Å². The zero-order valence-corrected chi connectivity index (χ0v) is 12.3.